The van der Waals surface area contributed by atoms with Crippen molar-refractivity contribution in [3.05, 3.63) is 87.0 Å². The third-order valence-electron chi connectivity index (χ3n) is 4.59. The normalized spacial score (nSPS) is 10.8. The van der Waals surface area contributed by atoms with E-state index in [4.69, 9.17) is 4.74 Å². The number of nitrogens with one attached hydrogen (secondary N) is 1. The Morgan fingerprint density at radius 3 is 2.30 bits per heavy atom. The zero-order valence-electron chi connectivity index (χ0n) is 16.0. The van der Waals surface area contributed by atoms with Crippen molar-refractivity contribution in [2.45, 2.75) is 26.8 Å². The fraction of sp³-hybridized carbons (Fsp3) is 0.250. The lowest BCUT2D eigenvalue weighted by molar-refractivity contribution is 0.304. The van der Waals surface area contributed by atoms with E-state index in [0.717, 1.165) is 31.9 Å². The van der Waals surface area contributed by atoms with E-state index in [1.807, 2.05) is 0 Å². The van der Waals surface area contributed by atoms with Crippen molar-refractivity contribution >= 4 is 22.6 Å². The van der Waals surface area contributed by atoms with Gasteiger partial charge in [-0.15, -0.1) is 0 Å². The summed E-state index contributed by atoms with van der Waals surface area (Å²) >= 11 is 2.34. The average Bonchev–Trinajstić information content (AvgIpc) is 2.67. The van der Waals surface area contributed by atoms with Crippen LogP contribution in [-0.4, -0.2) is 13.2 Å². The highest BCUT2D eigenvalue weighted by Gasteiger charge is 2.03. The van der Waals surface area contributed by atoms with E-state index in [0.29, 0.717) is 0 Å². The number of aryl methyl sites for hydroxylation is 2. The van der Waals surface area contributed by atoms with Crippen LogP contribution < -0.4 is 10.1 Å². The third kappa shape index (κ3) is 5.81. The molecule has 0 aromatic heterocycles. The molecule has 3 heteroatoms. The molecule has 3 aromatic carbocycles. The molecule has 27 heavy (non-hydrogen) atoms. The lowest BCUT2D eigenvalue weighted by atomic mass is 10.0. The van der Waals surface area contributed by atoms with E-state index < -0.39 is 0 Å². The standard InChI is InChI=1S/C24H26INO/c1-18-6-3-7-19(2)24(18)27-15-5-14-26-17-20-8-4-9-22(16-20)21-10-12-23(25)13-11-21/h3-4,6-13,16,26H,5,14-15,17H2,1-2H3. The first-order valence-corrected chi connectivity index (χ1v) is 10.5. The molecule has 3 rings (SSSR count). The molecule has 0 saturated heterocycles. The minimum absolute atomic E-state index is 0.737. The summed E-state index contributed by atoms with van der Waals surface area (Å²) in [5, 5.41) is 3.52. The maximum atomic E-state index is 5.97. The van der Waals surface area contributed by atoms with Crippen LogP contribution in [0, 0.1) is 17.4 Å². The van der Waals surface area contributed by atoms with E-state index >= 15 is 0 Å². The van der Waals surface area contributed by atoms with Crippen LogP contribution in [0.1, 0.15) is 23.1 Å². The maximum Gasteiger partial charge on any atom is 0.125 e. The van der Waals surface area contributed by atoms with E-state index in [2.05, 4.69) is 108 Å². The smallest absolute Gasteiger partial charge is 0.125 e. The van der Waals surface area contributed by atoms with E-state index in [1.54, 1.807) is 0 Å². The third-order valence-corrected chi connectivity index (χ3v) is 5.31. The molecule has 0 bridgehead atoms. The first kappa shape index (κ1) is 19.9. The van der Waals surface area contributed by atoms with Crippen molar-refractivity contribution in [3.8, 4) is 16.9 Å². The van der Waals surface area contributed by atoms with Gasteiger partial charge in [-0.05, 0) is 95.4 Å². The van der Waals surface area contributed by atoms with Gasteiger partial charge in [0.2, 0.25) is 0 Å². The predicted octanol–water partition coefficient (Wildman–Crippen LogP) is 6.13. The van der Waals surface area contributed by atoms with Crippen LogP contribution in [0.25, 0.3) is 11.1 Å². The topological polar surface area (TPSA) is 21.3 Å². The molecule has 0 spiro atoms. The molecule has 0 unspecified atom stereocenters. The summed E-state index contributed by atoms with van der Waals surface area (Å²) in [7, 11) is 0. The molecule has 0 atom stereocenters. The van der Waals surface area contributed by atoms with E-state index in [1.165, 1.54) is 31.4 Å². The molecule has 140 valence electrons. The van der Waals surface area contributed by atoms with Gasteiger partial charge in [-0.3, -0.25) is 0 Å². The number of para-hydroxylation sites is 1. The first-order valence-electron chi connectivity index (χ1n) is 9.38. The lowest BCUT2D eigenvalue weighted by Crippen LogP contribution is -2.17. The van der Waals surface area contributed by atoms with Crippen molar-refractivity contribution in [1.82, 2.24) is 5.32 Å². The van der Waals surface area contributed by atoms with Crippen LogP contribution in [0.5, 0.6) is 5.75 Å². The molecule has 3 aromatic rings. The molecule has 1 N–H and O–H groups in total. The Kier molecular flexibility index (Phi) is 7.30. The summed E-state index contributed by atoms with van der Waals surface area (Å²) in [5.74, 6) is 1.03. The van der Waals surface area contributed by atoms with Crippen LogP contribution in [0.4, 0.5) is 0 Å². The van der Waals surface area contributed by atoms with Gasteiger partial charge >= 0.3 is 0 Å². The Bertz CT molecular complexity index is 854. The van der Waals surface area contributed by atoms with E-state index in [-0.39, 0.29) is 0 Å². The highest BCUT2D eigenvalue weighted by molar-refractivity contribution is 14.1. The van der Waals surface area contributed by atoms with Gasteiger partial charge in [-0.2, -0.15) is 0 Å². The highest BCUT2D eigenvalue weighted by atomic mass is 127. The molecular formula is C24H26INO. The predicted molar refractivity (Wildman–Crippen MR) is 122 cm³/mol. The summed E-state index contributed by atoms with van der Waals surface area (Å²) in [4.78, 5) is 0. The number of rotatable bonds is 8. The van der Waals surface area contributed by atoms with Gasteiger partial charge in [0.05, 0.1) is 6.61 Å². The van der Waals surface area contributed by atoms with Crippen LogP contribution in [-0.2, 0) is 6.54 Å². The van der Waals surface area contributed by atoms with Crippen molar-refractivity contribution in [2.24, 2.45) is 0 Å². The van der Waals surface area contributed by atoms with E-state index in [9.17, 15) is 0 Å². The van der Waals surface area contributed by atoms with Gasteiger partial charge in [-0.25, -0.2) is 0 Å². The Morgan fingerprint density at radius 2 is 1.56 bits per heavy atom. The van der Waals surface area contributed by atoms with Gasteiger partial charge < -0.3 is 10.1 Å². The fourth-order valence-electron chi connectivity index (χ4n) is 3.13. The summed E-state index contributed by atoms with van der Waals surface area (Å²) in [6.07, 6.45) is 0.991. The van der Waals surface area contributed by atoms with Crippen molar-refractivity contribution in [1.29, 1.82) is 0 Å². The summed E-state index contributed by atoms with van der Waals surface area (Å²) in [6, 6.07) is 23.7. The molecule has 0 aliphatic heterocycles. The molecule has 0 aliphatic rings. The minimum Gasteiger partial charge on any atom is -0.493 e. The van der Waals surface area contributed by atoms with Gasteiger partial charge in [0.15, 0.2) is 0 Å². The van der Waals surface area contributed by atoms with Crippen LogP contribution in [0.3, 0.4) is 0 Å². The van der Waals surface area contributed by atoms with Gasteiger partial charge in [-0.1, -0.05) is 48.5 Å². The average molecular weight is 471 g/mol. The molecule has 0 heterocycles. The molecule has 0 radical (unpaired) electrons. The first-order chi connectivity index (χ1) is 13.1. The molecule has 0 aliphatic carbocycles. The van der Waals surface area contributed by atoms with Gasteiger partial charge in [0.1, 0.15) is 5.75 Å². The fourth-order valence-corrected chi connectivity index (χ4v) is 3.49. The second-order valence-corrected chi connectivity index (χ2v) is 8.05. The Labute approximate surface area is 176 Å². The number of hydrogen-bond donors (Lipinski definition) is 1. The second-order valence-electron chi connectivity index (χ2n) is 6.81. The molecular weight excluding hydrogens is 445 g/mol. The highest BCUT2D eigenvalue weighted by Crippen LogP contribution is 2.23. The monoisotopic (exact) mass is 471 g/mol. The Balaban J connectivity index is 1.44. The van der Waals surface area contributed by atoms with Crippen LogP contribution in [0.15, 0.2) is 66.7 Å². The number of hydrogen-bond acceptors (Lipinski definition) is 2. The van der Waals surface area contributed by atoms with Crippen LogP contribution >= 0.6 is 22.6 Å². The summed E-state index contributed by atoms with van der Waals surface area (Å²) in [5.41, 5.74) is 6.25. The second kappa shape index (κ2) is 9.90. The SMILES string of the molecule is Cc1cccc(C)c1OCCCNCc1cccc(-c2ccc(I)cc2)c1. The summed E-state index contributed by atoms with van der Waals surface area (Å²) in [6.45, 7) is 6.75. The summed E-state index contributed by atoms with van der Waals surface area (Å²) < 4.78 is 7.23. The number of ether oxygens (including phenoxy) is 1. The molecule has 0 fully saturated rings. The number of halogens is 1. The zero-order valence-corrected chi connectivity index (χ0v) is 18.1. The zero-order chi connectivity index (χ0) is 19.1. The molecule has 0 amide bonds. The van der Waals surface area contributed by atoms with Gasteiger partial charge in [0.25, 0.3) is 0 Å². The number of benzene rings is 3. The van der Waals surface area contributed by atoms with Crippen molar-refractivity contribution in [2.75, 3.05) is 13.2 Å². The van der Waals surface area contributed by atoms with Crippen LogP contribution in [0.2, 0.25) is 0 Å². The quantitative estimate of drug-likeness (QED) is 0.315. The lowest BCUT2D eigenvalue weighted by Gasteiger charge is -2.12. The Hall–Kier alpha value is -1.85. The Morgan fingerprint density at radius 1 is 0.852 bits per heavy atom. The minimum atomic E-state index is 0.737. The maximum absolute atomic E-state index is 5.97. The molecule has 2 nitrogen and oxygen atoms in total. The van der Waals surface area contributed by atoms with Gasteiger partial charge in [0, 0.05) is 10.1 Å². The van der Waals surface area contributed by atoms with Crippen molar-refractivity contribution in [3.63, 3.8) is 0 Å². The molecule has 0 saturated carbocycles. The van der Waals surface area contributed by atoms with Crippen molar-refractivity contribution < 1.29 is 4.74 Å². The largest absolute Gasteiger partial charge is 0.493 e.